The molecule has 2 heterocycles. The van der Waals surface area contributed by atoms with Gasteiger partial charge in [0.2, 0.25) is 5.91 Å². The molecule has 35 heavy (non-hydrogen) atoms. The van der Waals surface area contributed by atoms with E-state index in [2.05, 4.69) is 4.98 Å². The van der Waals surface area contributed by atoms with Crippen molar-refractivity contribution in [2.24, 2.45) is 0 Å². The van der Waals surface area contributed by atoms with Gasteiger partial charge in [-0.2, -0.15) is 0 Å². The molecule has 3 aromatic carbocycles. The minimum atomic E-state index is -0.468. The van der Waals surface area contributed by atoms with Gasteiger partial charge in [-0.05, 0) is 41.3 Å². The van der Waals surface area contributed by atoms with Crippen molar-refractivity contribution in [2.75, 3.05) is 12.0 Å². The second kappa shape index (κ2) is 10.1. The number of carbonyl (C=O) groups is 1. The molecule has 5 aromatic rings. The Morgan fingerprint density at radius 3 is 2.23 bits per heavy atom. The third-order valence-electron chi connectivity index (χ3n) is 5.99. The van der Waals surface area contributed by atoms with Crippen LogP contribution in [0.15, 0.2) is 97.3 Å². The van der Waals surface area contributed by atoms with Crippen LogP contribution in [-0.2, 0) is 11.3 Å². The first-order valence-electron chi connectivity index (χ1n) is 11.4. The standard InChI is InChI=1S/C29H25N3O2S/c1-20-15-16-24(34-2)26-27(20)35-29(31-26)32(19-21-10-9-17-30-18-21)28(33)25(22-11-5-3-6-12-22)23-13-7-4-8-14-23/h3-18,25H,19H2,1-2H3. The lowest BCUT2D eigenvalue weighted by Crippen LogP contribution is -2.35. The fourth-order valence-corrected chi connectivity index (χ4v) is 5.27. The Bertz CT molecular complexity index is 1400. The van der Waals surface area contributed by atoms with Crippen molar-refractivity contribution in [3.63, 3.8) is 0 Å². The molecule has 2 aromatic heterocycles. The van der Waals surface area contributed by atoms with Gasteiger partial charge in [0.25, 0.3) is 0 Å². The third-order valence-corrected chi connectivity index (χ3v) is 7.20. The quantitative estimate of drug-likeness (QED) is 0.272. The minimum absolute atomic E-state index is 0.0399. The second-order valence-corrected chi connectivity index (χ2v) is 9.28. The molecule has 1 amide bonds. The first kappa shape index (κ1) is 22.7. The lowest BCUT2D eigenvalue weighted by Gasteiger charge is -2.26. The summed E-state index contributed by atoms with van der Waals surface area (Å²) in [5.74, 6) is 0.190. The molecule has 5 rings (SSSR count). The highest BCUT2D eigenvalue weighted by Gasteiger charge is 2.31. The number of rotatable bonds is 7. The van der Waals surface area contributed by atoms with Gasteiger partial charge in [0.05, 0.1) is 24.3 Å². The molecule has 0 aliphatic heterocycles. The first-order chi connectivity index (χ1) is 17.2. The number of benzene rings is 3. The Morgan fingerprint density at radius 2 is 1.63 bits per heavy atom. The van der Waals surface area contributed by atoms with Crippen LogP contribution in [0, 0.1) is 6.92 Å². The smallest absolute Gasteiger partial charge is 0.241 e. The van der Waals surface area contributed by atoms with Crippen LogP contribution >= 0.6 is 11.3 Å². The van der Waals surface area contributed by atoms with E-state index in [1.54, 1.807) is 24.4 Å². The number of hydrogen-bond acceptors (Lipinski definition) is 5. The maximum absolute atomic E-state index is 14.4. The van der Waals surface area contributed by atoms with Crippen LogP contribution in [-0.4, -0.2) is 23.0 Å². The Hall–Kier alpha value is -4.03. The summed E-state index contributed by atoms with van der Waals surface area (Å²) < 4.78 is 6.58. The average Bonchev–Trinajstić information content (AvgIpc) is 3.36. The topological polar surface area (TPSA) is 55.3 Å². The van der Waals surface area contributed by atoms with E-state index in [9.17, 15) is 4.79 Å². The number of aromatic nitrogens is 2. The number of aryl methyl sites for hydroxylation is 1. The number of anilines is 1. The molecule has 0 aliphatic carbocycles. The van der Waals surface area contributed by atoms with Gasteiger partial charge in [-0.3, -0.25) is 14.7 Å². The molecule has 0 N–H and O–H groups in total. The molecule has 0 saturated carbocycles. The monoisotopic (exact) mass is 479 g/mol. The Balaban J connectivity index is 1.66. The molecule has 0 aliphatic rings. The number of thiazole rings is 1. The SMILES string of the molecule is COc1ccc(C)c2sc(N(Cc3cccnc3)C(=O)C(c3ccccc3)c3ccccc3)nc12. The highest BCUT2D eigenvalue weighted by molar-refractivity contribution is 7.22. The normalized spacial score (nSPS) is 11.1. The van der Waals surface area contributed by atoms with Crippen LogP contribution in [0.1, 0.15) is 28.2 Å². The Labute approximate surface area is 208 Å². The van der Waals surface area contributed by atoms with Crippen molar-refractivity contribution in [3.05, 3.63) is 120 Å². The number of fused-ring (bicyclic) bond motifs is 1. The molecular weight excluding hydrogens is 454 g/mol. The zero-order valence-electron chi connectivity index (χ0n) is 19.6. The molecule has 0 radical (unpaired) electrons. The van der Waals surface area contributed by atoms with Gasteiger partial charge in [0, 0.05) is 12.4 Å². The number of ether oxygens (including phenoxy) is 1. The van der Waals surface area contributed by atoms with Crippen molar-refractivity contribution in [1.29, 1.82) is 0 Å². The summed E-state index contributed by atoms with van der Waals surface area (Å²) in [6.45, 7) is 2.41. The number of hydrogen-bond donors (Lipinski definition) is 0. The largest absolute Gasteiger partial charge is 0.494 e. The summed E-state index contributed by atoms with van der Waals surface area (Å²) in [7, 11) is 1.64. The first-order valence-corrected chi connectivity index (χ1v) is 12.2. The lowest BCUT2D eigenvalue weighted by atomic mass is 9.90. The summed E-state index contributed by atoms with van der Waals surface area (Å²) in [4.78, 5) is 25.4. The number of carbonyl (C=O) groups excluding carboxylic acids is 1. The lowest BCUT2D eigenvalue weighted by molar-refractivity contribution is -0.119. The molecule has 0 spiro atoms. The number of methoxy groups -OCH3 is 1. The molecule has 0 atom stereocenters. The van der Waals surface area contributed by atoms with Crippen LogP contribution in [0.25, 0.3) is 10.2 Å². The predicted octanol–water partition coefficient (Wildman–Crippen LogP) is 6.37. The van der Waals surface area contributed by atoms with E-state index in [1.807, 2.05) is 91.9 Å². The van der Waals surface area contributed by atoms with E-state index in [0.29, 0.717) is 17.4 Å². The van der Waals surface area contributed by atoms with E-state index in [0.717, 1.165) is 32.5 Å². The molecule has 5 nitrogen and oxygen atoms in total. The molecule has 6 heteroatoms. The minimum Gasteiger partial charge on any atom is -0.494 e. The van der Waals surface area contributed by atoms with E-state index in [4.69, 9.17) is 9.72 Å². The van der Waals surface area contributed by atoms with Gasteiger partial charge in [-0.1, -0.05) is 84.1 Å². The molecular formula is C29H25N3O2S. The van der Waals surface area contributed by atoms with Gasteiger partial charge in [-0.25, -0.2) is 4.98 Å². The van der Waals surface area contributed by atoms with Crippen molar-refractivity contribution < 1.29 is 9.53 Å². The van der Waals surface area contributed by atoms with Crippen molar-refractivity contribution >= 4 is 32.6 Å². The molecule has 0 saturated heterocycles. The van der Waals surface area contributed by atoms with Gasteiger partial charge in [0.15, 0.2) is 5.13 Å². The summed E-state index contributed by atoms with van der Waals surface area (Å²) in [6.07, 6.45) is 3.53. The number of pyridine rings is 1. The van der Waals surface area contributed by atoms with E-state index < -0.39 is 5.92 Å². The Kier molecular flexibility index (Phi) is 6.55. The highest BCUT2D eigenvalue weighted by Crippen LogP contribution is 2.38. The fraction of sp³-hybridized carbons (Fsp3) is 0.138. The second-order valence-electron chi connectivity index (χ2n) is 8.30. The summed E-state index contributed by atoms with van der Waals surface area (Å²) >= 11 is 1.51. The van der Waals surface area contributed by atoms with Crippen LogP contribution < -0.4 is 9.64 Å². The van der Waals surface area contributed by atoms with Crippen molar-refractivity contribution in [2.45, 2.75) is 19.4 Å². The van der Waals surface area contributed by atoms with Crippen LogP contribution in [0.5, 0.6) is 5.75 Å². The van der Waals surface area contributed by atoms with Crippen molar-refractivity contribution in [1.82, 2.24) is 9.97 Å². The summed E-state index contributed by atoms with van der Waals surface area (Å²) in [5.41, 5.74) is 4.68. The van der Waals surface area contributed by atoms with Crippen molar-refractivity contribution in [3.8, 4) is 5.75 Å². The Morgan fingerprint density at radius 1 is 0.943 bits per heavy atom. The van der Waals surface area contributed by atoms with E-state index in [-0.39, 0.29) is 5.91 Å². The summed E-state index contributed by atoms with van der Waals surface area (Å²) in [6, 6.07) is 27.6. The fourth-order valence-electron chi connectivity index (χ4n) is 4.22. The maximum Gasteiger partial charge on any atom is 0.241 e. The molecule has 0 fully saturated rings. The predicted molar refractivity (Wildman–Crippen MR) is 141 cm³/mol. The number of nitrogens with zero attached hydrogens (tertiary/aromatic N) is 3. The van der Waals surface area contributed by atoms with Crippen LogP contribution in [0.3, 0.4) is 0 Å². The van der Waals surface area contributed by atoms with Crippen LogP contribution in [0.2, 0.25) is 0 Å². The van der Waals surface area contributed by atoms with Gasteiger partial charge in [0.1, 0.15) is 11.3 Å². The number of amides is 1. The third kappa shape index (κ3) is 4.66. The van der Waals surface area contributed by atoms with E-state index >= 15 is 0 Å². The zero-order chi connectivity index (χ0) is 24.2. The maximum atomic E-state index is 14.4. The van der Waals surface area contributed by atoms with Crippen LogP contribution in [0.4, 0.5) is 5.13 Å². The molecule has 0 unspecified atom stereocenters. The van der Waals surface area contributed by atoms with Gasteiger partial charge >= 0.3 is 0 Å². The zero-order valence-corrected chi connectivity index (χ0v) is 20.4. The van der Waals surface area contributed by atoms with Gasteiger partial charge in [-0.15, -0.1) is 0 Å². The van der Waals surface area contributed by atoms with E-state index in [1.165, 1.54) is 11.3 Å². The highest BCUT2D eigenvalue weighted by atomic mass is 32.1. The molecule has 0 bridgehead atoms. The summed E-state index contributed by atoms with van der Waals surface area (Å²) in [5, 5.41) is 0.637. The average molecular weight is 480 g/mol. The molecule has 174 valence electrons. The van der Waals surface area contributed by atoms with Gasteiger partial charge < -0.3 is 4.74 Å².